The molecule has 0 amide bonds. The second kappa shape index (κ2) is 13.9. The number of aromatic nitrogens is 3. The van der Waals surface area contributed by atoms with E-state index in [1.807, 2.05) is 0 Å². The highest BCUT2D eigenvalue weighted by molar-refractivity contribution is 7.71. The molecule has 2 heterocycles. The largest absolute Gasteiger partial charge is 0.497 e. The van der Waals surface area contributed by atoms with Crippen LogP contribution < -0.4 is 16.1 Å². The van der Waals surface area contributed by atoms with Crippen molar-refractivity contribution in [2.24, 2.45) is 0 Å². The lowest BCUT2D eigenvalue weighted by molar-refractivity contribution is -0.271. The molecule has 226 valence electrons. The van der Waals surface area contributed by atoms with Crippen LogP contribution in [0.5, 0.6) is 5.75 Å². The van der Waals surface area contributed by atoms with Gasteiger partial charge in [-0.3, -0.25) is 24.0 Å². The van der Waals surface area contributed by atoms with E-state index >= 15 is 0 Å². The fraction of sp³-hybridized carbons (Fsp3) is 0.423. The van der Waals surface area contributed by atoms with Gasteiger partial charge in [-0.25, -0.2) is 4.68 Å². The maximum Gasteiger partial charge on any atom is 0.303 e. The smallest absolute Gasteiger partial charge is 0.303 e. The second-order valence-electron chi connectivity index (χ2n) is 8.98. The highest BCUT2D eigenvalue weighted by Gasteiger charge is 2.53. The number of hydrogen-bond donors (Lipinski definition) is 1. The number of benzene rings is 1. The summed E-state index contributed by atoms with van der Waals surface area (Å²) >= 11 is 5.37. The Kier molecular flexibility index (Phi) is 10.5. The van der Waals surface area contributed by atoms with Crippen molar-refractivity contribution in [3.8, 4) is 5.75 Å². The van der Waals surface area contributed by atoms with E-state index in [1.165, 1.54) is 13.2 Å². The van der Waals surface area contributed by atoms with Crippen molar-refractivity contribution in [1.29, 1.82) is 0 Å². The van der Waals surface area contributed by atoms with Crippen LogP contribution in [0.2, 0.25) is 0 Å². The zero-order valence-corrected chi connectivity index (χ0v) is 24.2. The molecule has 0 radical (unpaired) electrons. The quantitative estimate of drug-likeness (QED) is 0.183. The lowest BCUT2D eigenvalue weighted by Gasteiger charge is -2.44. The van der Waals surface area contributed by atoms with Gasteiger partial charge in [0.25, 0.3) is 5.56 Å². The van der Waals surface area contributed by atoms with Crippen molar-refractivity contribution < 1.29 is 47.6 Å². The van der Waals surface area contributed by atoms with Crippen LogP contribution in [0, 0.1) is 4.77 Å². The monoisotopic (exact) mass is 606 g/mol. The number of methoxy groups -OCH3 is 1. The van der Waals surface area contributed by atoms with Gasteiger partial charge in [0.1, 0.15) is 18.5 Å². The van der Waals surface area contributed by atoms with Crippen molar-refractivity contribution in [3.63, 3.8) is 0 Å². The van der Waals surface area contributed by atoms with Crippen LogP contribution in [0.25, 0.3) is 12.2 Å². The van der Waals surface area contributed by atoms with Crippen LogP contribution in [0.1, 0.15) is 45.2 Å². The van der Waals surface area contributed by atoms with Crippen molar-refractivity contribution >= 4 is 48.2 Å². The number of esters is 4. The molecule has 16 heteroatoms. The minimum atomic E-state index is -1.51. The van der Waals surface area contributed by atoms with Crippen molar-refractivity contribution in [2.75, 3.05) is 19.6 Å². The van der Waals surface area contributed by atoms with Gasteiger partial charge in [0.15, 0.2) is 30.2 Å². The van der Waals surface area contributed by atoms with Gasteiger partial charge >= 0.3 is 23.9 Å². The molecule has 2 N–H and O–H groups in total. The average Bonchev–Trinajstić information content (AvgIpc) is 2.92. The van der Waals surface area contributed by atoms with Gasteiger partial charge in [-0.15, -0.1) is 0 Å². The first-order valence-electron chi connectivity index (χ1n) is 12.5. The van der Waals surface area contributed by atoms with E-state index in [1.54, 1.807) is 30.3 Å². The van der Waals surface area contributed by atoms with Crippen LogP contribution >= 0.6 is 12.2 Å². The summed E-state index contributed by atoms with van der Waals surface area (Å²) in [6.45, 7) is 3.97. The summed E-state index contributed by atoms with van der Waals surface area (Å²) in [5, 5.41) is 4.31. The Labute approximate surface area is 244 Å². The molecule has 5 atom stereocenters. The molecule has 3 rings (SSSR count). The first kappa shape index (κ1) is 32.0. The lowest BCUT2D eigenvalue weighted by atomic mass is 9.97. The molecular formula is C26H30N4O11S. The Balaban J connectivity index is 2.17. The molecule has 1 aromatic heterocycles. The van der Waals surface area contributed by atoms with Crippen LogP contribution in [-0.2, 0) is 42.9 Å². The van der Waals surface area contributed by atoms with E-state index in [4.69, 9.17) is 46.5 Å². The molecule has 1 aliphatic rings. The molecule has 2 aromatic rings. The first-order valence-corrected chi connectivity index (χ1v) is 12.9. The van der Waals surface area contributed by atoms with E-state index < -0.39 is 66.7 Å². The van der Waals surface area contributed by atoms with E-state index in [9.17, 15) is 24.0 Å². The van der Waals surface area contributed by atoms with Gasteiger partial charge in [-0.05, 0) is 36.0 Å². The summed E-state index contributed by atoms with van der Waals surface area (Å²) in [6, 6.07) is 6.92. The number of rotatable bonds is 9. The van der Waals surface area contributed by atoms with Gasteiger partial charge in [0.05, 0.1) is 7.11 Å². The van der Waals surface area contributed by atoms with Gasteiger partial charge in [0, 0.05) is 27.7 Å². The molecule has 15 nitrogen and oxygen atoms in total. The summed E-state index contributed by atoms with van der Waals surface area (Å²) in [5.41, 5.74) is -0.247. The maximum atomic E-state index is 12.9. The Bertz CT molecular complexity index is 1480. The highest BCUT2D eigenvalue weighted by Crippen LogP contribution is 2.34. The minimum Gasteiger partial charge on any atom is -0.497 e. The van der Waals surface area contributed by atoms with E-state index in [0.717, 1.165) is 32.4 Å². The Hall–Kier alpha value is -4.57. The maximum absolute atomic E-state index is 12.9. The number of carbonyl (C=O) groups is 4. The molecule has 0 spiro atoms. The summed E-state index contributed by atoms with van der Waals surface area (Å²) in [6.07, 6.45) is -4.18. The van der Waals surface area contributed by atoms with E-state index in [-0.39, 0.29) is 10.5 Å². The Morgan fingerprint density at radius 3 is 2.05 bits per heavy atom. The molecule has 2 unspecified atom stereocenters. The first-order chi connectivity index (χ1) is 19.8. The normalized spacial score (nSPS) is 21.8. The number of ether oxygens (including phenoxy) is 6. The molecule has 42 heavy (non-hydrogen) atoms. The van der Waals surface area contributed by atoms with E-state index in [0.29, 0.717) is 16.0 Å². The summed E-state index contributed by atoms with van der Waals surface area (Å²) < 4.78 is 33.8. The third-order valence-electron chi connectivity index (χ3n) is 5.81. The number of nitrogens with zero attached hydrogens (tertiary/aromatic N) is 3. The average molecular weight is 607 g/mol. The zero-order chi connectivity index (χ0) is 31.1. The standard InChI is InChI=1S/C26H30N4O11S/c1-13(31)37-12-20-21(38-14(2)32)22(39-15(3)33)23(40-16(4)34)25(41-20)30-26(42)29(27)24(35)19(28-30)11-8-17-6-9-18(36-5)10-7-17/h6-11,20-23,25H,12,27H2,1-5H3/b11-8+/t20?,21-,22-,23?,25-/m1/s1. The number of hydrogen-bond acceptors (Lipinski definition) is 14. The van der Waals surface area contributed by atoms with Gasteiger partial charge < -0.3 is 34.3 Å². The minimum absolute atomic E-state index is 0.185. The summed E-state index contributed by atoms with van der Waals surface area (Å²) in [5.74, 6) is 3.51. The van der Waals surface area contributed by atoms with Gasteiger partial charge in [-0.1, -0.05) is 18.2 Å². The molecule has 1 aliphatic heterocycles. The fourth-order valence-electron chi connectivity index (χ4n) is 4.09. The SMILES string of the molecule is COc1ccc(/C=C/c2nn([C@@H]3OC(COC(C)=O)[C@@H](OC(C)=O)[C@@H](OC(C)=O)C3OC(C)=O)c(=S)n(N)c2=O)cc1. The summed E-state index contributed by atoms with van der Waals surface area (Å²) in [4.78, 5) is 60.8. The fourth-order valence-corrected chi connectivity index (χ4v) is 4.31. The number of carbonyl (C=O) groups excluding carboxylic acids is 4. The van der Waals surface area contributed by atoms with Crippen molar-refractivity contribution in [2.45, 2.75) is 58.3 Å². The van der Waals surface area contributed by atoms with Gasteiger partial charge in [-0.2, -0.15) is 9.77 Å². The van der Waals surface area contributed by atoms with Crippen molar-refractivity contribution in [3.05, 3.63) is 50.6 Å². The topological polar surface area (TPSA) is 190 Å². The van der Waals surface area contributed by atoms with Crippen LogP contribution in [0.4, 0.5) is 0 Å². The predicted octanol–water partition coefficient (Wildman–Crippen LogP) is 0.923. The van der Waals surface area contributed by atoms with Crippen molar-refractivity contribution in [1.82, 2.24) is 14.5 Å². The van der Waals surface area contributed by atoms with Crippen LogP contribution in [0.15, 0.2) is 29.1 Å². The molecule has 0 saturated carbocycles. The molecular weight excluding hydrogens is 576 g/mol. The third kappa shape index (κ3) is 7.79. The Morgan fingerprint density at radius 1 is 0.929 bits per heavy atom. The molecule has 0 bridgehead atoms. The van der Waals surface area contributed by atoms with E-state index in [2.05, 4.69) is 5.10 Å². The number of nitrogens with two attached hydrogens (primary N) is 1. The number of nitrogen functional groups attached to an aromatic ring is 1. The predicted molar refractivity (Wildman–Crippen MR) is 147 cm³/mol. The second-order valence-corrected chi connectivity index (χ2v) is 9.35. The van der Waals surface area contributed by atoms with Crippen LogP contribution in [-0.4, -0.2) is 76.5 Å². The molecule has 1 aromatic carbocycles. The van der Waals surface area contributed by atoms with Gasteiger partial charge in [0.2, 0.25) is 4.77 Å². The highest BCUT2D eigenvalue weighted by atomic mass is 32.1. The third-order valence-corrected chi connectivity index (χ3v) is 6.20. The zero-order valence-electron chi connectivity index (χ0n) is 23.4. The lowest BCUT2D eigenvalue weighted by Crippen LogP contribution is -2.61. The molecule has 1 fully saturated rings. The molecule has 1 saturated heterocycles. The Morgan fingerprint density at radius 2 is 1.50 bits per heavy atom. The van der Waals surface area contributed by atoms with Crippen LogP contribution in [0.3, 0.4) is 0 Å². The molecule has 0 aliphatic carbocycles. The summed E-state index contributed by atoms with van der Waals surface area (Å²) in [7, 11) is 1.53.